The number of carbonyl (C=O) groups excluding carboxylic acids is 1. The molecule has 3 rings (SSSR count). The van der Waals surface area contributed by atoms with Crippen molar-refractivity contribution in [1.29, 1.82) is 0 Å². The molecular weight excluding hydrogens is 301 g/mol. The van der Waals surface area contributed by atoms with Crippen molar-refractivity contribution in [2.45, 2.75) is 25.8 Å². The zero-order chi connectivity index (χ0) is 16.7. The van der Waals surface area contributed by atoms with E-state index in [1.54, 1.807) is 13.0 Å². The third-order valence-corrected chi connectivity index (χ3v) is 4.39. The summed E-state index contributed by atoms with van der Waals surface area (Å²) in [6, 6.07) is 4.52. The van der Waals surface area contributed by atoms with Crippen LogP contribution in [0.15, 0.2) is 23.2 Å². The highest BCUT2D eigenvalue weighted by Crippen LogP contribution is 2.35. The average molecular weight is 321 g/mol. The highest BCUT2D eigenvalue weighted by atomic mass is 19.1. The quantitative estimate of drug-likeness (QED) is 0.888. The van der Waals surface area contributed by atoms with Gasteiger partial charge in [0.25, 0.3) is 6.02 Å². The molecule has 1 unspecified atom stereocenters. The largest absolute Gasteiger partial charge is 0.465 e. The van der Waals surface area contributed by atoms with Gasteiger partial charge >= 0.3 is 0 Å². The van der Waals surface area contributed by atoms with Gasteiger partial charge in [0.2, 0.25) is 5.91 Å². The molecule has 1 aromatic carbocycles. The maximum absolute atomic E-state index is 14.3. The molecule has 1 amide bonds. The molecule has 0 bridgehead atoms. The number of amides is 1. The number of hydrogen-bond acceptors (Lipinski definition) is 5. The van der Waals surface area contributed by atoms with E-state index in [0.29, 0.717) is 37.5 Å². The van der Waals surface area contributed by atoms with E-state index in [1.807, 2.05) is 6.92 Å². The van der Waals surface area contributed by atoms with Crippen LogP contribution >= 0.6 is 0 Å². The van der Waals surface area contributed by atoms with E-state index in [9.17, 15) is 9.18 Å². The van der Waals surface area contributed by atoms with Gasteiger partial charge in [-0.3, -0.25) is 4.79 Å². The Balaban J connectivity index is 1.87. The predicted octanol–water partition coefficient (Wildman–Crippen LogP) is 1.75. The first-order valence-electron chi connectivity index (χ1n) is 7.50. The summed E-state index contributed by atoms with van der Waals surface area (Å²) in [6.45, 7) is 4.79. The minimum atomic E-state index is -0.809. The van der Waals surface area contributed by atoms with E-state index in [1.165, 1.54) is 12.1 Å². The molecule has 1 fully saturated rings. The van der Waals surface area contributed by atoms with E-state index in [-0.39, 0.29) is 17.7 Å². The van der Waals surface area contributed by atoms with Crippen molar-refractivity contribution in [3.63, 3.8) is 0 Å². The maximum Gasteiger partial charge on any atom is 0.282 e. The summed E-state index contributed by atoms with van der Waals surface area (Å²) in [7, 11) is 0. The summed E-state index contributed by atoms with van der Waals surface area (Å²) in [5, 5.41) is 2.82. The topological polar surface area (TPSA) is 85.9 Å². The van der Waals surface area contributed by atoms with E-state index in [2.05, 4.69) is 10.3 Å². The molecule has 0 aliphatic carbocycles. The monoisotopic (exact) mass is 321 g/mol. The summed E-state index contributed by atoms with van der Waals surface area (Å²) in [6.07, 6.45) is 0.508. The molecule has 1 aromatic rings. The van der Waals surface area contributed by atoms with Crippen LogP contribution in [0, 0.1) is 11.2 Å². The van der Waals surface area contributed by atoms with E-state index in [4.69, 9.17) is 15.2 Å². The van der Waals surface area contributed by atoms with Crippen LogP contribution < -0.4 is 11.1 Å². The number of rotatable bonds is 3. The molecule has 2 aliphatic rings. The van der Waals surface area contributed by atoms with Gasteiger partial charge in [-0.1, -0.05) is 0 Å². The lowest BCUT2D eigenvalue weighted by molar-refractivity contribution is -0.151. The molecule has 7 heteroatoms. The van der Waals surface area contributed by atoms with Gasteiger partial charge in [-0.15, -0.1) is 0 Å². The third-order valence-electron chi connectivity index (χ3n) is 4.39. The average Bonchev–Trinajstić information content (AvgIpc) is 2.46. The highest BCUT2D eigenvalue weighted by Gasteiger charge is 2.41. The number of carbonyl (C=O) groups is 1. The molecular formula is C16H20FN3O3. The van der Waals surface area contributed by atoms with E-state index < -0.39 is 11.0 Å². The van der Waals surface area contributed by atoms with Crippen LogP contribution in [0.4, 0.5) is 10.1 Å². The molecule has 0 spiro atoms. The molecule has 6 nitrogen and oxygen atoms in total. The third kappa shape index (κ3) is 2.88. The van der Waals surface area contributed by atoms with E-state index >= 15 is 0 Å². The number of ether oxygens (including phenoxy) is 2. The Morgan fingerprint density at radius 2 is 2.13 bits per heavy atom. The summed E-state index contributed by atoms with van der Waals surface area (Å²) in [5.74, 6) is -0.524. The molecule has 3 N–H and O–H groups in total. The normalized spacial score (nSPS) is 25.8. The summed E-state index contributed by atoms with van der Waals surface area (Å²) >= 11 is 0. The van der Waals surface area contributed by atoms with Gasteiger partial charge in [0, 0.05) is 17.7 Å². The summed E-state index contributed by atoms with van der Waals surface area (Å²) in [4.78, 5) is 16.5. The first-order valence-corrected chi connectivity index (χ1v) is 7.50. The van der Waals surface area contributed by atoms with Gasteiger partial charge in [0.15, 0.2) is 0 Å². The van der Waals surface area contributed by atoms with Gasteiger partial charge < -0.3 is 20.5 Å². The minimum absolute atomic E-state index is 0.0479. The van der Waals surface area contributed by atoms with Crippen molar-refractivity contribution >= 4 is 17.6 Å². The Morgan fingerprint density at radius 1 is 1.39 bits per heavy atom. The zero-order valence-corrected chi connectivity index (χ0v) is 13.2. The Kier molecular flexibility index (Phi) is 3.75. The van der Waals surface area contributed by atoms with Crippen LogP contribution in [0.5, 0.6) is 0 Å². The molecule has 2 heterocycles. The van der Waals surface area contributed by atoms with Crippen molar-refractivity contribution in [3.05, 3.63) is 29.6 Å². The number of hydrogen-bond donors (Lipinski definition) is 2. The number of anilines is 1. The fourth-order valence-corrected chi connectivity index (χ4v) is 2.72. The second-order valence-electron chi connectivity index (χ2n) is 6.52. The van der Waals surface area contributed by atoms with Gasteiger partial charge in [0.1, 0.15) is 5.82 Å². The fraction of sp³-hybridized carbons (Fsp3) is 0.500. The molecule has 2 aliphatic heterocycles. The first kappa shape index (κ1) is 15.7. The maximum atomic E-state index is 14.3. The van der Waals surface area contributed by atoms with Crippen LogP contribution in [0.1, 0.15) is 25.8 Å². The number of halogens is 1. The van der Waals surface area contributed by atoms with Gasteiger partial charge in [-0.25, -0.2) is 9.38 Å². The number of nitrogens with zero attached hydrogens (tertiary/aromatic N) is 1. The number of nitrogens with two attached hydrogens (primary N) is 1. The predicted molar refractivity (Wildman–Crippen MR) is 83.5 cm³/mol. The van der Waals surface area contributed by atoms with Crippen molar-refractivity contribution in [2.24, 2.45) is 16.1 Å². The van der Waals surface area contributed by atoms with Crippen molar-refractivity contribution < 1.29 is 18.7 Å². The lowest BCUT2D eigenvalue weighted by Crippen LogP contribution is -2.49. The number of aliphatic imine (C=N–C) groups is 1. The lowest BCUT2D eigenvalue weighted by Gasteiger charge is -2.36. The molecule has 0 saturated carbocycles. The van der Waals surface area contributed by atoms with Gasteiger partial charge in [0.05, 0.1) is 30.8 Å². The first-order chi connectivity index (χ1) is 10.8. The van der Waals surface area contributed by atoms with Crippen LogP contribution in [-0.4, -0.2) is 31.7 Å². The van der Waals surface area contributed by atoms with Crippen molar-refractivity contribution in [3.8, 4) is 0 Å². The molecule has 124 valence electrons. The lowest BCUT2D eigenvalue weighted by atomic mass is 9.86. The van der Waals surface area contributed by atoms with Crippen molar-refractivity contribution in [2.75, 3.05) is 25.1 Å². The minimum Gasteiger partial charge on any atom is -0.465 e. The van der Waals surface area contributed by atoms with Gasteiger partial charge in [-0.2, -0.15) is 0 Å². The molecule has 0 radical (unpaired) electrons. The highest BCUT2D eigenvalue weighted by molar-refractivity contribution is 5.95. The standard InChI is InChI=1S/C16H20FN3O3/c1-15(8-22-9-15)13(21)19-10-3-4-12(17)11(7-10)16(2)5-6-23-14(18)20-16/h3-4,7H,5-6,8-9H2,1-2H3,(H2,18,20)(H,19,21). The zero-order valence-electron chi connectivity index (χ0n) is 13.2. The SMILES string of the molecule is CC1(C(=O)Nc2ccc(F)c(C3(C)CCOC(N)=N3)c2)COC1. The van der Waals surface area contributed by atoms with Crippen molar-refractivity contribution in [1.82, 2.24) is 0 Å². The van der Waals surface area contributed by atoms with Crippen LogP contribution in [0.25, 0.3) is 0 Å². The fourth-order valence-electron chi connectivity index (χ4n) is 2.72. The molecule has 0 aromatic heterocycles. The van der Waals surface area contributed by atoms with Crippen LogP contribution in [0.2, 0.25) is 0 Å². The second kappa shape index (κ2) is 5.49. The number of benzene rings is 1. The second-order valence-corrected chi connectivity index (χ2v) is 6.52. The van der Waals surface area contributed by atoms with Gasteiger partial charge in [-0.05, 0) is 32.0 Å². The Morgan fingerprint density at radius 3 is 2.74 bits per heavy atom. The Bertz CT molecular complexity index is 673. The molecule has 1 saturated heterocycles. The smallest absolute Gasteiger partial charge is 0.282 e. The molecule has 1 atom stereocenters. The Hall–Kier alpha value is -2.15. The number of amidine groups is 1. The van der Waals surface area contributed by atoms with Crippen LogP contribution in [0.3, 0.4) is 0 Å². The molecule has 23 heavy (non-hydrogen) atoms. The van der Waals surface area contributed by atoms with Crippen LogP contribution in [-0.2, 0) is 19.8 Å². The number of nitrogens with one attached hydrogen (secondary N) is 1. The summed E-state index contributed by atoms with van der Waals surface area (Å²) < 4.78 is 24.5. The summed E-state index contributed by atoms with van der Waals surface area (Å²) in [5.41, 5.74) is 5.20. The van der Waals surface area contributed by atoms with E-state index in [0.717, 1.165) is 0 Å². The Labute approximate surface area is 133 Å².